The van der Waals surface area contributed by atoms with E-state index in [1.54, 1.807) is 0 Å². The van der Waals surface area contributed by atoms with Gasteiger partial charge in [0.2, 0.25) is 0 Å². The van der Waals surface area contributed by atoms with Crippen LogP contribution in [0.1, 0.15) is 6.92 Å². The molecule has 0 amide bonds. The Morgan fingerprint density at radius 3 is 2.89 bits per heavy atom. The lowest BCUT2D eigenvalue weighted by Gasteiger charge is -2.07. The molecule has 0 atom stereocenters. The van der Waals surface area contributed by atoms with E-state index in [0.29, 0.717) is 24.9 Å². The number of rotatable bonds is 4. The summed E-state index contributed by atoms with van der Waals surface area (Å²) >= 11 is 0. The molecule has 0 saturated carbocycles. The molecule has 0 bridgehead atoms. The van der Waals surface area contributed by atoms with Gasteiger partial charge in [-0.1, -0.05) is 12.1 Å². The molecule has 0 spiro atoms. The summed E-state index contributed by atoms with van der Waals surface area (Å²) in [4.78, 5) is 4.51. The Kier molecular flexibility index (Phi) is 2.88. The quantitative estimate of drug-likeness (QED) is 0.766. The maximum atomic E-state index is 5.73. The van der Waals surface area contributed by atoms with Crippen molar-refractivity contribution in [2.24, 2.45) is 0 Å². The standard InChI is InChI=1S/C12H13N5O2/c1-2-18-7-17-9-6-4-3-5-8(9)14-12(17)10-11(13)16-19-15-10/h3-6H,2,7H2,1H3,(H2,13,16). The average Bonchev–Trinajstić information content (AvgIpc) is 2.99. The monoisotopic (exact) mass is 259 g/mol. The highest BCUT2D eigenvalue weighted by Gasteiger charge is 2.18. The number of fused-ring (bicyclic) bond motifs is 1. The molecule has 0 aliphatic carbocycles. The summed E-state index contributed by atoms with van der Waals surface area (Å²) in [6.45, 7) is 2.92. The maximum absolute atomic E-state index is 5.73. The molecule has 2 aromatic heterocycles. The topological polar surface area (TPSA) is 92.0 Å². The van der Waals surface area contributed by atoms with Crippen molar-refractivity contribution < 1.29 is 9.37 Å². The van der Waals surface area contributed by atoms with Gasteiger partial charge < -0.3 is 10.5 Å². The summed E-state index contributed by atoms with van der Waals surface area (Å²) < 4.78 is 12.0. The summed E-state index contributed by atoms with van der Waals surface area (Å²) in [6, 6.07) is 7.76. The van der Waals surface area contributed by atoms with E-state index < -0.39 is 0 Å². The molecule has 7 nitrogen and oxygen atoms in total. The maximum Gasteiger partial charge on any atom is 0.199 e. The van der Waals surface area contributed by atoms with Crippen LogP contribution in [-0.2, 0) is 11.5 Å². The molecular weight excluding hydrogens is 246 g/mol. The van der Waals surface area contributed by atoms with E-state index >= 15 is 0 Å². The number of para-hydroxylation sites is 2. The first-order valence-corrected chi connectivity index (χ1v) is 5.92. The fourth-order valence-electron chi connectivity index (χ4n) is 1.92. The van der Waals surface area contributed by atoms with Crippen molar-refractivity contribution in [3.63, 3.8) is 0 Å². The van der Waals surface area contributed by atoms with Crippen LogP contribution >= 0.6 is 0 Å². The minimum atomic E-state index is 0.216. The number of imidazole rings is 1. The molecule has 2 N–H and O–H groups in total. The molecular formula is C12H13N5O2. The summed E-state index contributed by atoms with van der Waals surface area (Å²) in [5.41, 5.74) is 7.96. The molecule has 3 rings (SSSR count). The van der Waals surface area contributed by atoms with Crippen LogP contribution in [0.3, 0.4) is 0 Å². The lowest BCUT2D eigenvalue weighted by molar-refractivity contribution is 0.0915. The van der Waals surface area contributed by atoms with Crippen molar-refractivity contribution >= 4 is 16.9 Å². The van der Waals surface area contributed by atoms with Gasteiger partial charge in [0, 0.05) is 6.61 Å². The fourth-order valence-corrected chi connectivity index (χ4v) is 1.92. The van der Waals surface area contributed by atoms with E-state index in [2.05, 4.69) is 19.9 Å². The Labute approximate surface area is 108 Å². The Hall–Kier alpha value is -2.41. The molecule has 1 aromatic carbocycles. The van der Waals surface area contributed by atoms with Crippen LogP contribution in [0.15, 0.2) is 28.9 Å². The lowest BCUT2D eigenvalue weighted by atomic mass is 10.3. The molecule has 0 unspecified atom stereocenters. The smallest absolute Gasteiger partial charge is 0.199 e. The van der Waals surface area contributed by atoms with Crippen molar-refractivity contribution in [3.05, 3.63) is 24.3 Å². The van der Waals surface area contributed by atoms with Crippen molar-refractivity contribution in [1.29, 1.82) is 0 Å². The third kappa shape index (κ3) is 1.93. The molecule has 0 saturated heterocycles. The first-order valence-electron chi connectivity index (χ1n) is 5.92. The van der Waals surface area contributed by atoms with Gasteiger partial charge in [-0.15, -0.1) is 0 Å². The number of hydrogen-bond donors (Lipinski definition) is 1. The molecule has 0 radical (unpaired) electrons. The van der Waals surface area contributed by atoms with Crippen LogP contribution in [0, 0.1) is 0 Å². The van der Waals surface area contributed by atoms with Crippen LogP contribution in [0.4, 0.5) is 5.82 Å². The molecule has 2 heterocycles. The first-order chi connectivity index (χ1) is 9.31. The van der Waals surface area contributed by atoms with Crippen molar-refractivity contribution in [2.45, 2.75) is 13.7 Å². The second-order valence-corrected chi connectivity index (χ2v) is 3.97. The van der Waals surface area contributed by atoms with E-state index in [1.165, 1.54) is 0 Å². The second kappa shape index (κ2) is 4.69. The molecule has 98 valence electrons. The van der Waals surface area contributed by atoms with E-state index in [0.717, 1.165) is 11.0 Å². The van der Waals surface area contributed by atoms with Crippen LogP contribution in [-0.4, -0.2) is 26.5 Å². The molecule has 0 fully saturated rings. The van der Waals surface area contributed by atoms with E-state index in [9.17, 15) is 0 Å². The molecule has 0 aliphatic rings. The molecule has 3 aromatic rings. The van der Waals surface area contributed by atoms with Gasteiger partial charge in [0.05, 0.1) is 11.0 Å². The lowest BCUT2D eigenvalue weighted by Crippen LogP contribution is -2.05. The van der Waals surface area contributed by atoms with Gasteiger partial charge in [-0.2, -0.15) is 0 Å². The van der Waals surface area contributed by atoms with Gasteiger partial charge in [-0.05, 0) is 29.4 Å². The number of anilines is 1. The van der Waals surface area contributed by atoms with Gasteiger partial charge in [0.1, 0.15) is 6.73 Å². The van der Waals surface area contributed by atoms with E-state index in [4.69, 9.17) is 10.5 Å². The van der Waals surface area contributed by atoms with Crippen molar-refractivity contribution in [3.8, 4) is 11.5 Å². The van der Waals surface area contributed by atoms with Gasteiger partial charge in [-0.3, -0.25) is 4.57 Å². The van der Waals surface area contributed by atoms with Crippen LogP contribution < -0.4 is 5.73 Å². The highest BCUT2D eigenvalue weighted by molar-refractivity contribution is 5.81. The SMILES string of the molecule is CCOCn1c(-c2nonc2N)nc2ccccc21. The molecule has 7 heteroatoms. The van der Waals surface area contributed by atoms with Crippen LogP contribution in [0.2, 0.25) is 0 Å². The number of ether oxygens (including phenoxy) is 1. The fraction of sp³-hybridized carbons (Fsp3) is 0.250. The Morgan fingerprint density at radius 1 is 1.32 bits per heavy atom. The predicted molar refractivity (Wildman–Crippen MR) is 69.1 cm³/mol. The van der Waals surface area contributed by atoms with Crippen molar-refractivity contribution in [2.75, 3.05) is 12.3 Å². The second-order valence-electron chi connectivity index (χ2n) is 3.97. The number of benzene rings is 1. The Morgan fingerprint density at radius 2 is 2.16 bits per heavy atom. The number of nitrogen functional groups attached to an aromatic ring is 1. The van der Waals surface area contributed by atoms with Crippen molar-refractivity contribution in [1.82, 2.24) is 19.9 Å². The largest absolute Gasteiger partial charge is 0.379 e. The van der Waals surface area contributed by atoms with Gasteiger partial charge in [0.15, 0.2) is 17.3 Å². The zero-order valence-corrected chi connectivity index (χ0v) is 10.4. The normalized spacial score (nSPS) is 11.2. The number of hydrogen-bond acceptors (Lipinski definition) is 6. The highest BCUT2D eigenvalue weighted by Crippen LogP contribution is 2.26. The first kappa shape index (κ1) is 11.7. The number of aromatic nitrogens is 4. The Balaban J connectivity index is 2.20. The average molecular weight is 259 g/mol. The van der Waals surface area contributed by atoms with Gasteiger partial charge in [0.25, 0.3) is 0 Å². The summed E-state index contributed by atoms with van der Waals surface area (Å²) in [5, 5.41) is 7.38. The zero-order valence-electron chi connectivity index (χ0n) is 10.4. The molecule has 19 heavy (non-hydrogen) atoms. The van der Waals surface area contributed by atoms with E-state index in [-0.39, 0.29) is 5.82 Å². The minimum Gasteiger partial charge on any atom is -0.379 e. The highest BCUT2D eigenvalue weighted by atomic mass is 16.6. The van der Waals surface area contributed by atoms with Crippen LogP contribution in [0.5, 0.6) is 0 Å². The minimum absolute atomic E-state index is 0.216. The van der Waals surface area contributed by atoms with Gasteiger partial charge in [-0.25, -0.2) is 9.61 Å². The summed E-state index contributed by atoms with van der Waals surface area (Å²) in [6.07, 6.45) is 0. The van der Waals surface area contributed by atoms with Crippen LogP contribution in [0.25, 0.3) is 22.6 Å². The number of nitrogens with two attached hydrogens (primary N) is 1. The number of nitrogens with zero attached hydrogens (tertiary/aromatic N) is 4. The summed E-state index contributed by atoms with van der Waals surface area (Å²) in [5.74, 6) is 0.807. The van der Waals surface area contributed by atoms with Gasteiger partial charge >= 0.3 is 0 Å². The zero-order chi connectivity index (χ0) is 13.2. The predicted octanol–water partition coefficient (Wildman–Crippen LogP) is 1.66. The third-order valence-corrected chi connectivity index (χ3v) is 2.80. The molecule has 0 aliphatic heterocycles. The Bertz CT molecular complexity index is 703. The summed E-state index contributed by atoms with van der Waals surface area (Å²) in [7, 11) is 0. The van der Waals surface area contributed by atoms with E-state index in [1.807, 2.05) is 35.8 Å². The third-order valence-electron chi connectivity index (χ3n) is 2.80.